The van der Waals surface area contributed by atoms with Crippen molar-refractivity contribution in [2.75, 3.05) is 26.3 Å². The Hall–Kier alpha value is -2.80. The van der Waals surface area contributed by atoms with Gasteiger partial charge in [-0.3, -0.25) is 14.1 Å². The Morgan fingerprint density at radius 1 is 1.24 bits per heavy atom. The third kappa shape index (κ3) is 6.00. The van der Waals surface area contributed by atoms with Crippen LogP contribution in [0.2, 0.25) is 0 Å². The molecule has 2 aliphatic rings. The molecule has 182 valence electrons. The Labute approximate surface area is 201 Å². The number of hydrogen-bond donors (Lipinski definition) is 0. The molecule has 0 radical (unpaired) electrons. The third-order valence-corrected chi connectivity index (χ3v) is 6.24. The van der Waals surface area contributed by atoms with Gasteiger partial charge in [0.25, 0.3) is 0 Å². The number of nitrogens with zero attached hydrogens (tertiary/aromatic N) is 3. The first-order valence-electron chi connectivity index (χ1n) is 12.2. The highest BCUT2D eigenvalue weighted by molar-refractivity contribution is 5.82. The normalized spacial score (nSPS) is 18.7. The van der Waals surface area contributed by atoms with Gasteiger partial charge in [0, 0.05) is 37.6 Å². The van der Waals surface area contributed by atoms with Crippen LogP contribution in [0.3, 0.4) is 0 Å². The second-order valence-corrected chi connectivity index (χ2v) is 10.1. The molecule has 34 heavy (non-hydrogen) atoms. The molecule has 0 bridgehead atoms. The third-order valence-electron chi connectivity index (χ3n) is 6.24. The number of carbonyl (C=O) groups is 1. The summed E-state index contributed by atoms with van der Waals surface area (Å²) in [6.45, 7) is 7.73. The van der Waals surface area contributed by atoms with Crippen molar-refractivity contribution >= 4 is 11.5 Å². The van der Waals surface area contributed by atoms with Gasteiger partial charge >= 0.3 is 12.0 Å². The number of benzene rings is 1. The Bertz CT molecular complexity index is 1030. The molecular formula is C27H34FN3O3. The number of aryl methyl sites for hydroxylation is 1. The predicted molar refractivity (Wildman–Crippen MR) is 130 cm³/mol. The molecule has 0 amide bonds. The topological polar surface area (TPSA) is 64.6 Å². The molecular weight excluding hydrogens is 433 g/mol. The maximum Gasteiger partial charge on any atom is 0.316 e. The molecule has 7 heteroatoms. The van der Waals surface area contributed by atoms with Gasteiger partial charge in [0.05, 0.1) is 12.1 Å². The molecule has 1 unspecified atom stereocenters. The Morgan fingerprint density at radius 2 is 2.03 bits per heavy atom. The minimum absolute atomic E-state index is 0.0394. The van der Waals surface area contributed by atoms with Crippen molar-refractivity contribution in [1.82, 2.24) is 14.9 Å². The number of allylic oxidation sites excluding steroid dienone is 1. The van der Waals surface area contributed by atoms with Crippen molar-refractivity contribution in [3.05, 3.63) is 53.4 Å². The summed E-state index contributed by atoms with van der Waals surface area (Å²) in [6, 6.07) is 6.23. The van der Waals surface area contributed by atoms with E-state index >= 15 is 0 Å². The van der Waals surface area contributed by atoms with Crippen molar-refractivity contribution < 1.29 is 18.7 Å². The van der Waals surface area contributed by atoms with E-state index in [0.29, 0.717) is 18.2 Å². The number of halogens is 1. The van der Waals surface area contributed by atoms with Crippen molar-refractivity contribution in [2.45, 2.75) is 59.0 Å². The summed E-state index contributed by atoms with van der Waals surface area (Å²) < 4.78 is 24.0. The van der Waals surface area contributed by atoms with Gasteiger partial charge in [0.2, 0.25) is 0 Å². The highest BCUT2D eigenvalue weighted by Crippen LogP contribution is 2.33. The van der Waals surface area contributed by atoms with E-state index in [9.17, 15) is 9.18 Å². The molecule has 1 aliphatic heterocycles. The molecule has 0 spiro atoms. The number of aromatic nitrogens is 2. The predicted octanol–water partition coefficient (Wildman–Crippen LogP) is 5.01. The van der Waals surface area contributed by atoms with Gasteiger partial charge in [-0.15, -0.1) is 0 Å². The zero-order chi connectivity index (χ0) is 24.1. The van der Waals surface area contributed by atoms with E-state index in [1.54, 1.807) is 0 Å². The fraction of sp³-hybridized carbons (Fsp3) is 0.519. The molecule has 1 saturated heterocycles. The summed E-state index contributed by atoms with van der Waals surface area (Å²) in [5.74, 6) is 0.339. The van der Waals surface area contributed by atoms with Crippen LogP contribution in [0.25, 0.3) is 5.57 Å². The Kier molecular flexibility index (Phi) is 7.61. The molecule has 4 rings (SSSR count). The number of hydrogen-bond acceptors (Lipinski definition) is 6. The molecule has 6 nitrogen and oxygen atoms in total. The summed E-state index contributed by atoms with van der Waals surface area (Å²) in [6.07, 6.45) is 10.3. The van der Waals surface area contributed by atoms with Gasteiger partial charge in [0.1, 0.15) is 11.9 Å². The molecule has 0 N–H and O–H groups in total. The lowest BCUT2D eigenvalue weighted by Gasteiger charge is -2.18. The monoisotopic (exact) mass is 467 g/mol. The summed E-state index contributed by atoms with van der Waals surface area (Å²) in [5, 5.41) is 0. The number of ether oxygens (including phenoxy) is 2. The lowest BCUT2D eigenvalue weighted by molar-refractivity contribution is -0.143. The SMILES string of the molecule is CC(C)(C)C(=O)Oc1ccc2c(c1)CCCC=C2c1cnc(OC2CCN(CCCF)C2)nc1. The fourth-order valence-electron chi connectivity index (χ4n) is 4.33. The minimum atomic E-state index is -0.551. The van der Waals surface area contributed by atoms with E-state index in [-0.39, 0.29) is 18.7 Å². The van der Waals surface area contributed by atoms with E-state index in [1.165, 1.54) is 0 Å². The molecule has 1 atom stereocenters. The number of esters is 1. The van der Waals surface area contributed by atoms with E-state index in [0.717, 1.165) is 67.6 Å². The average Bonchev–Trinajstić information content (AvgIpc) is 3.14. The van der Waals surface area contributed by atoms with Crippen LogP contribution in [0.15, 0.2) is 36.7 Å². The summed E-state index contributed by atoms with van der Waals surface area (Å²) in [5.41, 5.74) is 3.74. The standard InChI is InChI=1S/C27H34FN3O3/c1-27(2,3)25(32)33-21-9-10-24-19(15-21)7-4-5-8-23(24)20-16-29-26(30-17-20)34-22-11-14-31(18-22)13-6-12-28/h8-10,15-17,22H,4-7,11-14,18H2,1-3H3. The first-order valence-corrected chi connectivity index (χ1v) is 12.2. The van der Waals surface area contributed by atoms with Crippen LogP contribution in [-0.4, -0.2) is 53.2 Å². The minimum Gasteiger partial charge on any atom is -0.459 e. The highest BCUT2D eigenvalue weighted by Gasteiger charge is 2.25. The van der Waals surface area contributed by atoms with Crippen LogP contribution in [0.1, 0.15) is 63.1 Å². The van der Waals surface area contributed by atoms with Gasteiger partial charge in [-0.2, -0.15) is 0 Å². The first kappa shape index (κ1) is 24.3. The zero-order valence-corrected chi connectivity index (χ0v) is 20.3. The van der Waals surface area contributed by atoms with Crippen LogP contribution in [0.5, 0.6) is 11.8 Å². The average molecular weight is 468 g/mol. The second kappa shape index (κ2) is 10.6. The van der Waals surface area contributed by atoms with E-state index < -0.39 is 5.41 Å². The van der Waals surface area contributed by atoms with Gasteiger partial charge < -0.3 is 9.47 Å². The van der Waals surface area contributed by atoms with Crippen molar-refractivity contribution in [2.24, 2.45) is 5.41 Å². The fourth-order valence-corrected chi connectivity index (χ4v) is 4.33. The number of likely N-dealkylation sites (tertiary alicyclic amines) is 1. The highest BCUT2D eigenvalue weighted by atomic mass is 19.1. The molecule has 1 aliphatic carbocycles. The lowest BCUT2D eigenvalue weighted by atomic mass is 9.95. The Morgan fingerprint density at radius 3 is 2.76 bits per heavy atom. The second-order valence-electron chi connectivity index (χ2n) is 10.1. The smallest absolute Gasteiger partial charge is 0.316 e. The van der Waals surface area contributed by atoms with Crippen LogP contribution in [0.4, 0.5) is 4.39 Å². The first-order chi connectivity index (χ1) is 16.3. The molecule has 1 aromatic carbocycles. The van der Waals surface area contributed by atoms with Crippen LogP contribution < -0.4 is 9.47 Å². The summed E-state index contributed by atoms with van der Waals surface area (Å²) >= 11 is 0. The molecule has 1 fully saturated rings. The van der Waals surface area contributed by atoms with Gasteiger partial charge in [0.15, 0.2) is 0 Å². The molecule has 0 saturated carbocycles. The van der Waals surface area contributed by atoms with Gasteiger partial charge in [-0.25, -0.2) is 9.97 Å². The van der Waals surface area contributed by atoms with Crippen molar-refractivity contribution in [3.8, 4) is 11.8 Å². The zero-order valence-electron chi connectivity index (χ0n) is 20.3. The van der Waals surface area contributed by atoms with Crippen LogP contribution in [0, 0.1) is 5.41 Å². The maximum atomic E-state index is 12.4. The summed E-state index contributed by atoms with van der Waals surface area (Å²) in [7, 11) is 0. The van der Waals surface area contributed by atoms with E-state index in [4.69, 9.17) is 9.47 Å². The van der Waals surface area contributed by atoms with Crippen molar-refractivity contribution in [1.29, 1.82) is 0 Å². The lowest BCUT2D eigenvalue weighted by Crippen LogP contribution is -2.26. The number of carbonyl (C=O) groups excluding carboxylic acids is 1. The van der Waals surface area contributed by atoms with Crippen molar-refractivity contribution in [3.63, 3.8) is 0 Å². The van der Waals surface area contributed by atoms with Crippen LogP contribution in [-0.2, 0) is 11.2 Å². The number of rotatable bonds is 7. The van der Waals surface area contributed by atoms with E-state index in [2.05, 4.69) is 20.9 Å². The molecule has 2 aromatic rings. The molecule has 2 heterocycles. The Balaban J connectivity index is 1.45. The molecule has 1 aromatic heterocycles. The van der Waals surface area contributed by atoms with Gasteiger partial charge in [-0.05, 0) is 81.7 Å². The largest absolute Gasteiger partial charge is 0.459 e. The van der Waals surface area contributed by atoms with Crippen LogP contribution >= 0.6 is 0 Å². The summed E-state index contributed by atoms with van der Waals surface area (Å²) in [4.78, 5) is 23.5. The number of fused-ring (bicyclic) bond motifs is 1. The van der Waals surface area contributed by atoms with E-state index in [1.807, 2.05) is 51.4 Å². The quantitative estimate of drug-likeness (QED) is 0.421. The van der Waals surface area contributed by atoms with Gasteiger partial charge in [-0.1, -0.05) is 12.1 Å². The number of alkyl halides is 1. The maximum absolute atomic E-state index is 12.4.